The Morgan fingerprint density at radius 1 is 1.03 bits per heavy atom. The summed E-state index contributed by atoms with van der Waals surface area (Å²) in [6.07, 6.45) is 9.07. The number of ketones is 1. The molecule has 1 aromatic rings. The van der Waals surface area contributed by atoms with Crippen molar-refractivity contribution in [2.75, 3.05) is 11.9 Å². The van der Waals surface area contributed by atoms with E-state index in [2.05, 4.69) is 57.0 Å². The highest BCUT2D eigenvalue weighted by Gasteiger charge is 2.59. The van der Waals surface area contributed by atoms with Crippen LogP contribution in [-0.4, -0.2) is 30.1 Å². The maximum absolute atomic E-state index is 12.1. The lowest BCUT2D eigenvalue weighted by atomic mass is 9.48. The summed E-state index contributed by atoms with van der Waals surface area (Å²) in [6.45, 7) is 6.82. The summed E-state index contributed by atoms with van der Waals surface area (Å²) in [4.78, 5) is 14.5. The van der Waals surface area contributed by atoms with Gasteiger partial charge in [-0.3, -0.25) is 4.79 Å². The van der Waals surface area contributed by atoms with E-state index in [1.807, 2.05) is 6.08 Å². The van der Waals surface area contributed by atoms with Gasteiger partial charge in [0.05, 0.1) is 6.10 Å². The van der Waals surface area contributed by atoms with Gasteiger partial charge in [0.1, 0.15) is 0 Å². The molecule has 31 heavy (non-hydrogen) atoms. The topological polar surface area (TPSA) is 40.5 Å². The highest BCUT2D eigenvalue weighted by Crippen LogP contribution is 2.65. The van der Waals surface area contributed by atoms with Crippen molar-refractivity contribution in [3.63, 3.8) is 0 Å². The Bertz CT molecular complexity index is 872. The van der Waals surface area contributed by atoms with Crippen LogP contribution < -0.4 is 4.90 Å². The predicted octanol–water partition coefficient (Wildman–Crippen LogP) is 5.73. The number of rotatable bonds is 3. The van der Waals surface area contributed by atoms with Crippen LogP contribution in [0.25, 0.3) is 0 Å². The zero-order chi connectivity index (χ0) is 21.9. The quantitative estimate of drug-likeness (QED) is 0.678. The van der Waals surface area contributed by atoms with E-state index in [0.717, 1.165) is 25.7 Å². The van der Waals surface area contributed by atoms with Gasteiger partial charge in [-0.15, -0.1) is 0 Å². The molecule has 3 fully saturated rings. The zero-order valence-electron chi connectivity index (χ0n) is 19.7. The summed E-state index contributed by atoms with van der Waals surface area (Å²) in [5, 5.41) is 11.0. The third kappa shape index (κ3) is 3.39. The lowest BCUT2D eigenvalue weighted by Crippen LogP contribution is -2.50. The van der Waals surface area contributed by atoms with Crippen molar-refractivity contribution >= 4 is 11.5 Å². The van der Waals surface area contributed by atoms with Crippen LogP contribution in [0.15, 0.2) is 35.9 Å². The molecule has 168 valence electrons. The molecule has 0 heterocycles. The Morgan fingerprint density at radius 2 is 1.77 bits per heavy atom. The van der Waals surface area contributed by atoms with Crippen LogP contribution >= 0.6 is 0 Å². The summed E-state index contributed by atoms with van der Waals surface area (Å²) in [5.74, 6) is 3.29. The standard InChI is InChI=1S/C28H39NO2/c1-17(2)29(4)20-8-5-18(6-9-20)24-16-28(3)25(13-14-26(28)31)23-11-7-19-15-21(30)10-12-22(19)27(23)24/h5-6,8-9,15,17,22-27,31H,7,10-14,16H2,1-4H3/t22?,23?,24?,25?,26?,27?,28-/m0/s1. The third-order valence-electron chi connectivity index (χ3n) is 9.75. The van der Waals surface area contributed by atoms with E-state index in [4.69, 9.17) is 0 Å². The lowest BCUT2D eigenvalue weighted by molar-refractivity contribution is -0.116. The average molecular weight is 422 g/mol. The molecule has 1 aromatic carbocycles. The second-order valence-electron chi connectivity index (χ2n) is 11.4. The Kier molecular flexibility index (Phi) is 5.32. The molecule has 0 bridgehead atoms. The van der Waals surface area contributed by atoms with E-state index >= 15 is 0 Å². The Labute approximate surface area is 187 Å². The maximum atomic E-state index is 12.1. The fourth-order valence-electron chi connectivity index (χ4n) is 7.88. The fraction of sp³-hybridized carbons (Fsp3) is 0.679. The van der Waals surface area contributed by atoms with Gasteiger partial charge in [0.2, 0.25) is 0 Å². The summed E-state index contributed by atoms with van der Waals surface area (Å²) >= 11 is 0. The number of carbonyl (C=O) groups excluding carboxylic acids is 1. The van der Waals surface area contributed by atoms with Gasteiger partial charge in [0, 0.05) is 25.2 Å². The average Bonchev–Trinajstić information content (AvgIpc) is 3.06. The molecule has 0 aromatic heterocycles. The molecular weight excluding hydrogens is 382 g/mol. The normalized spacial score (nSPS) is 39.5. The second-order valence-corrected chi connectivity index (χ2v) is 11.4. The van der Waals surface area contributed by atoms with E-state index < -0.39 is 0 Å². The molecule has 0 spiro atoms. The summed E-state index contributed by atoms with van der Waals surface area (Å²) < 4.78 is 0. The largest absolute Gasteiger partial charge is 0.393 e. The predicted molar refractivity (Wildman–Crippen MR) is 126 cm³/mol. The lowest BCUT2D eigenvalue weighted by Gasteiger charge is -2.57. The first-order chi connectivity index (χ1) is 14.8. The molecule has 0 saturated heterocycles. The molecule has 0 radical (unpaired) electrons. The number of anilines is 1. The number of nitrogens with zero attached hydrogens (tertiary/aromatic N) is 1. The maximum Gasteiger partial charge on any atom is 0.155 e. The van der Waals surface area contributed by atoms with E-state index in [9.17, 15) is 9.90 Å². The molecule has 3 saturated carbocycles. The van der Waals surface area contributed by atoms with Gasteiger partial charge in [0.25, 0.3) is 0 Å². The van der Waals surface area contributed by atoms with Gasteiger partial charge in [-0.25, -0.2) is 0 Å². The molecule has 6 unspecified atom stereocenters. The highest BCUT2D eigenvalue weighted by molar-refractivity contribution is 5.91. The number of hydrogen-bond acceptors (Lipinski definition) is 3. The molecule has 3 nitrogen and oxygen atoms in total. The van der Waals surface area contributed by atoms with Gasteiger partial charge in [0.15, 0.2) is 5.78 Å². The molecule has 3 heteroatoms. The second kappa shape index (κ2) is 7.76. The Hall–Kier alpha value is -1.61. The monoisotopic (exact) mass is 421 g/mol. The molecule has 7 atom stereocenters. The Morgan fingerprint density at radius 3 is 2.48 bits per heavy atom. The number of carbonyl (C=O) groups is 1. The van der Waals surface area contributed by atoms with Crippen LogP contribution in [0.2, 0.25) is 0 Å². The molecule has 0 aliphatic heterocycles. The van der Waals surface area contributed by atoms with Crippen molar-refractivity contribution in [1.29, 1.82) is 0 Å². The summed E-state index contributed by atoms with van der Waals surface area (Å²) in [5.41, 5.74) is 4.17. The molecule has 5 rings (SSSR count). The fourth-order valence-corrected chi connectivity index (χ4v) is 7.88. The van der Waals surface area contributed by atoms with Gasteiger partial charge in [-0.2, -0.15) is 0 Å². The molecular formula is C28H39NO2. The van der Waals surface area contributed by atoms with E-state index in [0.29, 0.717) is 47.8 Å². The van der Waals surface area contributed by atoms with Crippen LogP contribution in [-0.2, 0) is 4.79 Å². The van der Waals surface area contributed by atoms with Crippen molar-refractivity contribution in [2.24, 2.45) is 29.1 Å². The van der Waals surface area contributed by atoms with Crippen molar-refractivity contribution in [1.82, 2.24) is 0 Å². The molecule has 0 amide bonds. The first kappa shape index (κ1) is 21.2. The number of benzene rings is 1. The number of aliphatic hydroxyl groups excluding tert-OH is 1. The van der Waals surface area contributed by atoms with Crippen LogP contribution in [0.4, 0.5) is 5.69 Å². The summed E-state index contributed by atoms with van der Waals surface area (Å²) in [7, 11) is 2.16. The van der Waals surface area contributed by atoms with Crippen LogP contribution in [0.1, 0.15) is 77.2 Å². The first-order valence-corrected chi connectivity index (χ1v) is 12.5. The van der Waals surface area contributed by atoms with E-state index in [1.165, 1.54) is 29.7 Å². The Balaban J connectivity index is 1.54. The minimum Gasteiger partial charge on any atom is -0.393 e. The minimum atomic E-state index is -0.169. The molecule has 4 aliphatic rings. The zero-order valence-corrected chi connectivity index (χ0v) is 19.7. The number of hydrogen-bond donors (Lipinski definition) is 1. The van der Waals surface area contributed by atoms with Gasteiger partial charge in [-0.05, 0) is 111 Å². The van der Waals surface area contributed by atoms with Crippen LogP contribution in [0.5, 0.6) is 0 Å². The third-order valence-corrected chi connectivity index (χ3v) is 9.75. The molecule has 1 N–H and O–H groups in total. The number of allylic oxidation sites excluding steroid dienone is 1. The van der Waals surface area contributed by atoms with Gasteiger partial charge in [-0.1, -0.05) is 24.6 Å². The SMILES string of the molecule is CC(C)N(C)c1ccc(C2C[C@]3(C)C(O)CCC3C3CCC4=CC(=O)CCC4C23)cc1. The highest BCUT2D eigenvalue weighted by atomic mass is 16.3. The first-order valence-electron chi connectivity index (χ1n) is 12.5. The van der Waals surface area contributed by atoms with Crippen LogP contribution in [0, 0.1) is 29.1 Å². The van der Waals surface area contributed by atoms with Gasteiger partial charge < -0.3 is 10.0 Å². The number of fused-ring (bicyclic) bond motifs is 5. The van der Waals surface area contributed by atoms with Crippen molar-refractivity contribution < 1.29 is 9.90 Å². The summed E-state index contributed by atoms with van der Waals surface area (Å²) in [6, 6.07) is 9.76. The minimum absolute atomic E-state index is 0.0327. The van der Waals surface area contributed by atoms with E-state index in [1.54, 1.807) is 0 Å². The van der Waals surface area contributed by atoms with E-state index in [-0.39, 0.29) is 11.5 Å². The van der Waals surface area contributed by atoms with Gasteiger partial charge >= 0.3 is 0 Å². The van der Waals surface area contributed by atoms with Crippen molar-refractivity contribution in [2.45, 2.75) is 83.8 Å². The van der Waals surface area contributed by atoms with Crippen molar-refractivity contribution in [3.05, 3.63) is 41.5 Å². The smallest absolute Gasteiger partial charge is 0.155 e. The van der Waals surface area contributed by atoms with Crippen LogP contribution in [0.3, 0.4) is 0 Å². The number of aliphatic hydroxyl groups is 1. The van der Waals surface area contributed by atoms with Crippen molar-refractivity contribution in [3.8, 4) is 0 Å². The molecule has 4 aliphatic carbocycles.